The van der Waals surface area contributed by atoms with E-state index < -0.39 is 0 Å². The van der Waals surface area contributed by atoms with E-state index in [4.69, 9.17) is 19.4 Å². The Morgan fingerprint density at radius 2 is 0.667 bits per heavy atom. The number of fused-ring (bicyclic) bond motifs is 5. The molecule has 2 aromatic heterocycles. The SMILES string of the molecule is c1ccc(-c2ccc(-c3ccc(-c4nc(-c5ccc(-c6cccc7ccccc67)cc5)nc(-c5cccc(-c6ccc(-c7ccc8ccccc8c7)cc6)c5)n4)cc3)c(-c3ccc4oc5ccccc5c4c3)c2)cc1. The zero-order valence-electron chi connectivity index (χ0n) is 40.7. The Kier molecular flexibility index (Phi) is 10.8. The highest BCUT2D eigenvalue weighted by molar-refractivity contribution is 6.07. The van der Waals surface area contributed by atoms with Crippen LogP contribution in [0.25, 0.3) is 144 Å². The lowest BCUT2D eigenvalue weighted by atomic mass is 9.90. The number of aromatic nitrogens is 3. The summed E-state index contributed by atoms with van der Waals surface area (Å²) in [4.78, 5) is 15.7. The van der Waals surface area contributed by atoms with Gasteiger partial charge in [0.2, 0.25) is 0 Å². The van der Waals surface area contributed by atoms with Crippen molar-refractivity contribution in [2.24, 2.45) is 0 Å². The fourth-order valence-corrected chi connectivity index (χ4v) is 10.6. The van der Waals surface area contributed by atoms with Gasteiger partial charge in [-0.05, 0) is 125 Å². The van der Waals surface area contributed by atoms with Gasteiger partial charge in [0.15, 0.2) is 17.5 Å². The number of rotatable bonds is 9. The molecule has 14 aromatic rings. The molecular formula is C71H45N3O. The van der Waals surface area contributed by atoms with Crippen molar-refractivity contribution in [2.45, 2.75) is 0 Å². The van der Waals surface area contributed by atoms with Crippen molar-refractivity contribution >= 4 is 43.5 Å². The minimum absolute atomic E-state index is 0.599. The van der Waals surface area contributed by atoms with E-state index in [0.29, 0.717) is 17.5 Å². The van der Waals surface area contributed by atoms with Crippen molar-refractivity contribution in [1.29, 1.82) is 0 Å². The van der Waals surface area contributed by atoms with E-state index in [1.807, 2.05) is 12.1 Å². The van der Waals surface area contributed by atoms with Crippen LogP contribution in [-0.4, -0.2) is 15.0 Å². The summed E-state index contributed by atoms with van der Waals surface area (Å²) in [5.74, 6) is 1.81. The van der Waals surface area contributed by atoms with Crippen LogP contribution in [0.1, 0.15) is 0 Å². The van der Waals surface area contributed by atoms with E-state index in [1.54, 1.807) is 0 Å². The smallest absolute Gasteiger partial charge is 0.164 e. The van der Waals surface area contributed by atoms with Gasteiger partial charge in [0.1, 0.15) is 11.2 Å². The molecule has 4 heteroatoms. The van der Waals surface area contributed by atoms with Crippen LogP contribution in [0.3, 0.4) is 0 Å². The van der Waals surface area contributed by atoms with E-state index in [2.05, 4.69) is 261 Å². The van der Waals surface area contributed by atoms with Crippen LogP contribution in [-0.2, 0) is 0 Å². The zero-order chi connectivity index (χ0) is 49.7. The summed E-state index contributed by atoms with van der Waals surface area (Å²) in [6, 6.07) is 96.8. The lowest BCUT2D eigenvalue weighted by molar-refractivity contribution is 0.669. The minimum Gasteiger partial charge on any atom is -0.456 e. The molecule has 0 atom stereocenters. The fraction of sp³-hybridized carbons (Fsp3) is 0. The van der Waals surface area contributed by atoms with E-state index in [0.717, 1.165) is 83.1 Å². The van der Waals surface area contributed by atoms with Crippen molar-refractivity contribution in [3.8, 4) is 101 Å². The van der Waals surface area contributed by atoms with E-state index >= 15 is 0 Å². The summed E-state index contributed by atoms with van der Waals surface area (Å²) in [7, 11) is 0. The standard InChI is InChI=1S/C71H45N3O/c1-2-12-46(13-3-1)58-38-40-63(65(44-58)59-39-41-68-66(45-59)64-21-8-9-23-67(64)75-68)52-31-35-54(36-32-52)70-72-69(53-33-29-51(30-34-53)62-22-11-17-50-15-6-7-20-61(50)62)73-71(74-70)60-19-10-18-56(43-60)48-24-26-49(27-25-48)57-37-28-47-14-4-5-16-55(47)42-57/h1-45H. The normalized spacial score (nSPS) is 11.5. The molecule has 350 valence electrons. The van der Waals surface area contributed by atoms with Gasteiger partial charge < -0.3 is 4.42 Å². The molecule has 14 rings (SSSR count). The molecule has 0 aliphatic carbocycles. The molecule has 0 unspecified atom stereocenters. The van der Waals surface area contributed by atoms with Crippen LogP contribution in [0.4, 0.5) is 0 Å². The number of nitrogens with zero attached hydrogens (tertiary/aromatic N) is 3. The Bertz CT molecular complexity index is 4440. The Morgan fingerprint density at radius 1 is 0.200 bits per heavy atom. The number of hydrogen-bond donors (Lipinski definition) is 0. The van der Waals surface area contributed by atoms with Gasteiger partial charge in [-0.2, -0.15) is 0 Å². The van der Waals surface area contributed by atoms with E-state index in [-0.39, 0.29) is 0 Å². The zero-order valence-corrected chi connectivity index (χ0v) is 40.7. The first-order valence-corrected chi connectivity index (χ1v) is 25.4. The van der Waals surface area contributed by atoms with Crippen molar-refractivity contribution in [3.63, 3.8) is 0 Å². The van der Waals surface area contributed by atoms with Gasteiger partial charge in [0.05, 0.1) is 0 Å². The molecule has 0 saturated carbocycles. The highest BCUT2D eigenvalue weighted by Crippen LogP contribution is 2.40. The Labute approximate surface area is 434 Å². The molecule has 2 heterocycles. The second kappa shape index (κ2) is 18.5. The van der Waals surface area contributed by atoms with Crippen molar-refractivity contribution < 1.29 is 4.42 Å². The molecule has 0 N–H and O–H groups in total. The quantitative estimate of drug-likeness (QED) is 0.145. The maximum atomic E-state index is 6.25. The van der Waals surface area contributed by atoms with Gasteiger partial charge in [-0.15, -0.1) is 0 Å². The van der Waals surface area contributed by atoms with Gasteiger partial charge in [-0.25, -0.2) is 15.0 Å². The van der Waals surface area contributed by atoms with E-state index in [1.165, 1.54) is 43.8 Å². The average molecular weight is 956 g/mol. The third kappa shape index (κ3) is 8.31. The predicted octanol–water partition coefficient (Wildman–Crippen LogP) is 19.1. The van der Waals surface area contributed by atoms with Crippen LogP contribution >= 0.6 is 0 Å². The Balaban J connectivity index is 0.849. The molecule has 0 fully saturated rings. The van der Waals surface area contributed by atoms with Gasteiger partial charge in [0, 0.05) is 27.5 Å². The maximum absolute atomic E-state index is 6.25. The molecule has 0 amide bonds. The molecule has 12 aromatic carbocycles. The largest absolute Gasteiger partial charge is 0.456 e. The first-order valence-electron chi connectivity index (χ1n) is 25.4. The predicted molar refractivity (Wildman–Crippen MR) is 311 cm³/mol. The van der Waals surface area contributed by atoms with Crippen LogP contribution < -0.4 is 0 Å². The van der Waals surface area contributed by atoms with Crippen LogP contribution in [0.5, 0.6) is 0 Å². The lowest BCUT2D eigenvalue weighted by Crippen LogP contribution is -2.00. The molecule has 75 heavy (non-hydrogen) atoms. The van der Waals surface area contributed by atoms with Gasteiger partial charge >= 0.3 is 0 Å². The highest BCUT2D eigenvalue weighted by Gasteiger charge is 2.17. The molecular weight excluding hydrogens is 911 g/mol. The minimum atomic E-state index is 0.599. The fourth-order valence-electron chi connectivity index (χ4n) is 10.6. The van der Waals surface area contributed by atoms with Gasteiger partial charge in [-0.1, -0.05) is 237 Å². The second-order valence-corrected chi connectivity index (χ2v) is 19.1. The summed E-state index contributed by atoms with van der Waals surface area (Å²) < 4.78 is 6.25. The van der Waals surface area contributed by atoms with Crippen molar-refractivity contribution in [3.05, 3.63) is 273 Å². The molecule has 4 nitrogen and oxygen atoms in total. The average Bonchev–Trinajstić information content (AvgIpc) is 3.88. The van der Waals surface area contributed by atoms with Crippen LogP contribution in [0.15, 0.2) is 277 Å². The summed E-state index contributed by atoms with van der Waals surface area (Å²) >= 11 is 0. The maximum Gasteiger partial charge on any atom is 0.164 e. The Morgan fingerprint density at radius 3 is 1.41 bits per heavy atom. The van der Waals surface area contributed by atoms with E-state index in [9.17, 15) is 0 Å². The van der Waals surface area contributed by atoms with Gasteiger partial charge in [-0.3, -0.25) is 0 Å². The highest BCUT2D eigenvalue weighted by atomic mass is 16.3. The molecule has 0 radical (unpaired) electrons. The van der Waals surface area contributed by atoms with Crippen molar-refractivity contribution in [2.75, 3.05) is 0 Å². The summed E-state index contributed by atoms with van der Waals surface area (Å²) in [5.41, 5.74) is 18.1. The summed E-state index contributed by atoms with van der Waals surface area (Å²) in [6.45, 7) is 0. The number of benzene rings is 12. The Hall–Kier alpha value is -10.0. The molecule has 0 spiro atoms. The third-order valence-corrected chi connectivity index (χ3v) is 14.6. The molecule has 0 bridgehead atoms. The van der Waals surface area contributed by atoms with Crippen LogP contribution in [0, 0.1) is 0 Å². The molecule has 0 saturated heterocycles. The number of hydrogen-bond acceptors (Lipinski definition) is 4. The monoisotopic (exact) mass is 955 g/mol. The first-order chi connectivity index (χ1) is 37.1. The van der Waals surface area contributed by atoms with Crippen molar-refractivity contribution in [1.82, 2.24) is 15.0 Å². The number of para-hydroxylation sites is 1. The summed E-state index contributed by atoms with van der Waals surface area (Å²) in [6.07, 6.45) is 0. The van der Waals surface area contributed by atoms with Gasteiger partial charge in [0.25, 0.3) is 0 Å². The third-order valence-electron chi connectivity index (χ3n) is 14.6. The summed E-state index contributed by atoms with van der Waals surface area (Å²) in [5, 5.41) is 7.11. The number of furan rings is 1. The van der Waals surface area contributed by atoms with Crippen LogP contribution in [0.2, 0.25) is 0 Å². The first kappa shape index (κ1) is 43.7. The molecule has 0 aliphatic rings. The lowest BCUT2D eigenvalue weighted by Gasteiger charge is -2.14. The second-order valence-electron chi connectivity index (χ2n) is 19.1. The molecule has 0 aliphatic heterocycles. The topological polar surface area (TPSA) is 51.8 Å².